The normalized spacial score (nSPS) is 15.9. The molecular weight excluding hydrogens is 408 g/mol. The lowest BCUT2D eigenvalue weighted by Crippen LogP contribution is -2.49. The highest BCUT2D eigenvalue weighted by molar-refractivity contribution is 6.21. The number of aromatic nitrogens is 2. The van der Waals surface area contributed by atoms with E-state index in [4.69, 9.17) is 0 Å². The highest BCUT2D eigenvalue weighted by Gasteiger charge is 2.34. The first-order valence-corrected chi connectivity index (χ1v) is 11.1. The van der Waals surface area contributed by atoms with Crippen LogP contribution in [0.15, 0.2) is 30.3 Å². The fraction of sp³-hybridized carbons (Fsp3) is 0.435. The fourth-order valence-corrected chi connectivity index (χ4v) is 4.11. The van der Waals surface area contributed by atoms with Crippen LogP contribution in [-0.4, -0.2) is 76.8 Å². The molecule has 1 aromatic carbocycles. The molecule has 1 N–H and O–H groups in total. The van der Waals surface area contributed by atoms with Gasteiger partial charge < -0.3 is 15.1 Å². The molecule has 0 spiro atoms. The summed E-state index contributed by atoms with van der Waals surface area (Å²) < 4.78 is 0. The Labute approximate surface area is 187 Å². The zero-order chi connectivity index (χ0) is 22.7. The molecule has 0 bridgehead atoms. The molecule has 2 aliphatic heterocycles. The molecular formula is C23H28N6O3. The summed E-state index contributed by atoms with van der Waals surface area (Å²) in [5.74, 6) is 0.976. The number of carbonyl (C=O) groups excluding carboxylic acids is 3. The third-order valence-corrected chi connectivity index (χ3v) is 5.77. The molecule has 32 heavy (non-hydrogen) atoms. The van der Waals surface area contributed by atoms with E-state index in [1.165, 1.54) is 4.90 Å². The topological polar surface area (TPSA) is 98.7 Å². The van der Waals surface area contributed by atoms with Gasteiger partial charge in [0.05, 0.1) is 11.1 Å². The van der Waals surface area contributed by atoms with Gasteiger partial charge in [0.1, 0.15) is 5.82 Å². The summed E-state index contributed by atoms with van der Waals surface area (Å²) in [6.45, 7) is 7.54. The lowest BCUT2D eigenvalue weighted by Gasteiger charge is -2.35. The van der Waals surface area contributed by atoms with Gasteiger partial charge in [0.15, 0.2) is 0 Å². The summed E-state index contributed by atoms with van der Waals surface area (Å²) in [7, 11) is 0. The summed E-state index contributed by atoms with van der Waals surface area (Å²) in [6, 6.07) is 8.75. The number of nitrogens with one attached hydrogen (secondary N) is 1. The van der Waals surface area contributed by atoms with Crippen LogP contribution in [0.5, 0.6) is 0 Å². The zero-order valence-corrected chi connectivity index (χ0v) is 18.5. The highest BCUT2D eigenvalue weighted by Crippen LogP contribution is 2.23. The molecule has 1 saturated heterocycles. The van der Waals surface area contributed by atoms with Crippen LogP contribution in [0.3, 0.4) is 0 Å². The molecule has 0 unspecified atom stereocenters. The molecule has 2 aliphatic rings. The van der Waals surface area contributed by atoms with E-state index in [9.17, 15) is 14.4 Å². The molecule has 9 heteroatoms. The molecule has 0 radical (unpaired) electrons. The monoisotopic (exact) mass is 436 g/mol. The second-order valence-electron chi connectivity index (χ2n) is 8.00. The molecule has 168 valence electrons. The first-order chi connectivity index (χ1) is 15.5. The van der Waals surface area contributed by atoms with Gasteiger partial charge in [0, 0.05) is 57.4 Å². The van der Waals surface area contributed by atoms with E-state index in [0.717, 1.165) is 18.1 Å². The maximum absolute atomic E-state index is 12.7. The number of aryl methyl sites for hydroxylation is 1. The van der Waals surface area contributed by atoms with Crippen molar-refractivity contribution in [2.24, 2.45) is 0 Å². The van der Waals surface area contributed by atoms with Crippen LogP contribution in [0.25, 0.3) is 0 Å². The number of hydrogen-bond donors (Lipinski definition) is 1. The van der Waals surface area contributed by atoms with Gasteiger partial charge in [-0.1, -0.05) is 12.1 Å². The van der Waals surface area contributed by atoms with Crippen LogP contribution in [-0.2, 0) is 4.79 Å². The Morgan fingerprint density at radius 1 is 1.03 bits per heavy atom. The van der Waals surface area contributed by atoms with E-state index in [1.807, 2.05) is 24.8 Å². The van der Waals surface area contributed by atoms with E-state index in [2.05, 4.69) is 20.2 Å². The van der Waals surface area contributed by atoms with Crippen LogP contribution >= 0.6 is 0 Å². The molecule has 2 aromatic rings. The first kappa shape index (κ1) is 21.7. The largest absolute Gasteiger partial charge is 0.370 e. The van der Waals surface area contributed by atoms with Crippen LogP contribution < -0.4 is 10.2 Å². The Morgan fingerprint density at radius 2 is 1.69 bits per heavy atom. The Morgan fingerprint density at radius 3 is 2.31 bits per heavy atom. The number of rotatable bonds is 7. The zero-order valence-electron chi connectivity index (χ0n) is 18.5. The highest BCUT2D eigenvalue weighted by atomic mass is 16.2. The van der Waals surface area contributed by atoms with E-state index in [1.54, 1.807) is 24.3 Å². The average Bonchev–Trinajstić information content (AvgIpc) is 3.04. The lowest BCUT2D eigenvalue weighted by molar-refractivity contribution is -0.131. The standard InChI is InChI=1S/C23H28N6O3/c1-3-24-19-15-16(2)25-23(26-19)28-13-11-27(12-14-28)20(30)9-6-10-29-21(31)17-7-4-5-8-18(17)22(29)32/h4-5,7-8,15H,3,6,9-14H2,1-2H3,(H,24,25,26). The quantitative estimate of drug-likeness (QED) is 0.662. The van der Waals surface area contributed by atoms with Gasteiger partial charge in [-0.05, 0) is 32.4 Å². The third-order valence-electron chi connectivity index (χ3n) is 5.77. The van der Waals surface area contributed by atoms with E-state index in [-0.39, 0.29) is 24.3 Å². The van der Waals surface area contributed by atoms with Gasteiger partial charge in [0.25, 0.3) is 11.8 Å². The molecule has 4 rings (SSSR count). The minimum Gasteiger partial charge on any atom is -0.370 e. The Hall–Kier alpha value is -3.49. The van der Waals surface area contributed by atoms with Gasteiger partial charge >= 0.3 is 0 Å². The predicted molar refractivity (Wildman–Crippen MR) is 121 cm³/mol. The predicted octanol–water partition coefficient (Wildman–Crippen LogP) is 1.94. The SMILES string of the molecule is CCNc1cc(C)nc(N2CCN(C(=O)CCCN3C(=O)c4ccccc4C3=O)CC2)n1. The van der Waals surface area contributed by atoms with Crippen molar-refractivity contribution in [1.29, 1.82) is 0 Å². The molecule has 3 amide bonds. The molecule has 9 nitrogen and oxygen atoms in total. The number of carbonyl (C=O) groups is 3. The first-order valence-electron chi connectivity index (χ1n) is 11.1. The summed E-state index contributed by atoms with van der Waals surface area (Å²) in [5.41, 5.74) is 1.78. The minimum absolute atomic E-state index is 0.0414. The maximum atomic E-state index is 12.7. The van der Waals surface area contributed by atoms with Crippen molar-refractivity contribution in [2.45, 2.75) is 26.7 Å². The number of anilines is 2. The molecule has 1 aromatic heterocycles. The van der Waals surface area contributed by atoms with Gasteiger partial charge in [-0.2, -0.15) is 4.98 Å². The van der Waals surface area contributed by atoms with Crippen molar-refractivity contribution < 1.29 is 14.4 Å². The number of hydrogen-bond acceptors (Lipinski definition) is 7. The van der Waals surface area contributed by atoms with E-state index >= 15 is 0 Å². The molecule has 0 aliphatic carbocycles. The van der Waals surface area contributed by atoms with Gasteiger partial charge in [-0.3, -0.25) is 19.3 Å². The summed E-state index contributed by atoms with van der Waals surface area (Å²) in [5, 5.41) is 3.22. The number of piperazine rings is 1. The second kappa shape index (κ2) is 9.33. The number of benzene rings is 1. The summed E-state index contributed by atoms with van der Waals surface area (Å²) >= 11 is 0. The third kappa shape index (κ3) is 4.42. The maximum Gasteiger partial charge on any atom is 0.261 e. The molecule has 0 atom stereocenters. The molecule has 3 heterocycles. The van der Waals surface area contributed by atoms with Gasteiger partial charge in [-0.15, -0.1) is 0 Å². The van der Waals surface area contributed by atoms with Gasteiger partial charge in [0.2, 0.25) is 11.9 Å². The number of imide groups is 1. The van der Waals surface area contributed by atoms with Crippen molar-refractivity contribution in [3.8, 4) is 0 Å². The minimum atomic E-state index is -0.276. The average molecular weight is 437 g/mol. The van der Waals surface area contributed by atoms with Crippen molar-refractivity contribution in [3.05, 3.63) is 47.2 Å². The molecule has 1 fully saturated rings. The van der Waals surface area contributed by atoms with Crippen LogP contribution in [0.4, 0.5) is 11.8 Å². The number of amides is 3. The Bertz CT molecular complexity index is 997. The van der Waals surface area contributed by atoms with Crippen molar-refractivity contribution in [1.82, 2.24) is 19.8 Å². The molecule has 0 saturated carbocycles. The fourth-order valence-electron chi connectivity index (χ4n) is 4.11. The van der Waals surface area contributed by atoms with Crippen LogP contribution in [0.2, 0.25) is 0 Å². The van der Waals surface area contributed by atoms with E-state index < -0.39 is 0 Å². The second-order valence-corrected chi connectivity index (χ2v) is 8.00. The van der Waals surface area contributed by atoms with E-state index in [0.29, 0.717) is 56.1 Å². The van der Waals surface area contributed by atoms with Crippen molar-refractivity contribution in [2.75, 3.05) is 49.5 Å². The number of nitrogens with zero attached hydrogens (tertiary/aromatic N) is 5. The Balaban J connectivity index is 1.26. The summed E-state index contributed by atoms with van der Waals surface area (Å²) in [4.78, 5) is 51.8. The van der Waals surface area contributed by atoms with Crippen LogP contribution in [0, 0.1) is 6.92 Å². The Kier molecular flexibility index (Phi) is 6.34. The van der Waals surface area contributed by atoms with Crippen LogP contribution in [0.1, 0.15) is 46.2 Å². The number of fused-ring (bicyclic) bond motifs is 1. The van der Waals surface area contributed by atoms with Gasteiger partial charge in [-0.25, -0.2) is 4.98 Å². The van der Waals surface area contributed by atoms with Crippen molar-refractivity contribution >= 4 is 29.5 Å². The summed E-state index contributed by atoms with van der Waals surface area (Å²) in [6.07, 6.45) is 0.760. The lowest BCUT2D eigenvalue weighted by atomic mass is 10.1. The smallest absolute Gasteiger partial charge is 0.261 e. The van der Waals surface area contributed by atoms with Crippen molar-refractivity contribution in [3.63, 3.8) is 0 Å².